The molecule has 3 heterocycles. The van der Waals surface area contributed by atoms with Crippen LogP contribution in [0.1, 0.15) is 36.8 Å². The third kappa shape index (κ3) is 2.98. The first-order valence-electron chi connectivity index (χ1n) is 9.33. The second-order valence-corrected chi connectivity index (χ2v) is 6.93. The van der Waals surface area contributed by atoms with Crippen LogP contribution < -0.4 is 10.9 Å². The van der Waals surface area contributed by atoms with Gasteiger partial charge in [-0.2, -0.15) is 5.10 Å². The Morgan fingerprint density at radius 2 is 1.96 bits per heavy atom. The van der Waals surface area contributed by atoms with Crippen molar-refractivity contribution in [1.29, 1.82) is 0 Å². The number of nitrogens with one attached hydrogen (secondary N) is 1. The van der Waals surface area contributed by atoms with Gasteiger partial charge in [0.15, 0.2) is 5.58 Å². The third-order valence-electron chi connectivity index (χ3n) is 4.98. The van der Waals surface area contributed by atoms with Crippen molar-refractivity contribution >= 4 is 22.5 Å². The number of aryl methyl sites for hydroxylation is 2. The van der Waals surface area contributed by atoms with Crippen LogP contribution in [0.2, 0.25) is 0 Å². The van der Waals surface area contributed by atoms with Crippen molar-refractivity contribution in [1.82, 2.24) is 19.5 Å². The topological polar surface area (TPSA) is 81.5 Å². The van der Waals surface area contributed by atoms with E-state index in [4.69, 9.17) is 4.42 Å². The minimum atomic E-state index is -0.727. The van der Waals surface area contributed by atoms with Crippen molar-refractivity contribution in [3.8, 4) is 0 Å². The molecule has 0 saturated carbocycles. The lowest BCUT2D eigenvalue weighted by molar-refractivity contribution is -0.124. The zero-order valence-electron chi connectivity index (χ0n) is 16.1. The van der Waals surface area contributed by atoms with Crippen LogP contribution in [0.5, 0.6) is 0 Å². The summed E-state index contributed by atoms with van der Waals surface area (Å²) in [7, 11) is 0. The number of carbonyl (C=O) groups is 1. The fourth-order valence-corrected chi connectivity index (χ4v) is 3.34. The predicted molar refractivity (Wildman–Crippen MR) is 106 cm³/mol. The van der Waals surface area contributed by atoms with Crippen molar-refractivity contribution in [3.63, 3.8) is 0 Å². The number of benzene rings is 1. The van der Waals surface area contributed by atoms with E-state index in [0.29, 0.717) is 29.9 Å². The van der Waals surface area contributed by atoms with E-state index in [1.165, 1.54) is 4.68 Å². The highest BCUT2D eigenvalue weighted by Gasteiger charge is 2.22. The first kappa shape index (κ1) is 18.0. The van der Waals surface area contributed by atoms with Gasteiger partial charge < -0.3 is 9.73 Å². The average Bonchev–Trinajstić information content (AvgIpc) is 3.29. The Morgan fingerprint density at radius 1 is 1.21 bits per heavy atom. The maximum atomic E-state index is 13.0. The molecule has 0 aliphatic carbocycles. The van der Waals surface area contributed by atoms with Crippen molar-refractivity contribution in [2.24, 2.45) is 0 Å². The number of amides is 1. The molecule has 1 N–H and O–H groups in total. The monoisotopic (exact) mass is 378 g/mol. The average molecular weight is 378 g/mol. The molecule has 0 aliphatic rings. The largest absolute Gasteiger partial charge is 0.463 e. The summed E-state index contributed by atoms with van der Waals surface area (Å²) < 4.78 is 8.49. The molecule has 0 bridgehead atoms. The minimum Gasteiger partial charge on any atom is -0.463 e. The van der Waals surface area contributed by atoms with Gasteiger partial charge in [0, 0.05) is 25.1 Å². The van der Waals surface area contributed by atoms with Gasteiger partial charge in [0.1, 0.15) is 17.4 Å². The lowest BCUT2D eigenvalue weighted by Gasteiger charge is -2.16. The van der Waals surface area contributed by atoms with E-state index in [9.17, 15) is 9.59 Å². The maximum absolute atomic E-state index is 13.0. The molecule has 7 heteroatoms. The number of fused-ring (bicyclic) bond motifs is 3. The molecular weight excluding hydrogens is 356 g/mol. The Balaban J connectivity index is 1.65. The molecule has 28 heavy (non-hydrogen) atoms. The number of furan rings is 1. The molecule has 0 fully saturated rings. The van der Waals surface area contributed by atoms with Gasteiger partial charge in [-0.15, -0.1) is 0 Å². The molecule has 0 saturated heterocycles. The fourth-order valence-electron chi connectivity index (χ4n) is 3.34. The van der Waals surface area contributed by atoms with Gasteiger partial charge in [0.25, 0.3) is 5.56 Å². The Kier molecular flexibility index (Phi) is 4.50. The van der Waals surface area contributed by atoms with Crippen LogP contribution in [0.15, 0.2) is 51.9 Å². The molecule has 7 nitrogen and oxygen atoms in total. The van der Waals surface area contributed by atoms with E-state index in [-0.39, 0.29) is 11.5 Å². The highest BCUT2D eigenvalue weighted by Crippen LogP contribution is 2.21. The highest BCUT2D eigenvalue weighted by molar-refractivity contribution is 5.83. The molecule has 3 aromatic heterocycles. The number of hydrogen-bond donors (Lipinski definition) is 1. The fraction of sp³-hybridized carbons (Fsp3) is 0.286. The second-order valence-electron chi connectivity index (χ2n) is 6.93. The molecule has 1 amide bonds. The van der Waals surface area contributed by atoms with Crippen LogP contribution >= 0.6 is 0 Å². The van der Waals surface area contributed by atoms with Gasteiger partial charge in [-0.25, -0.2) is 4.68 Å². The second kappa shape index (κ2) is 6.99. The predicted octanol–water partition coefficient (Wildman–Crippen LogP) is 2.99. The molecule has 1 aromatic carbocycles. The molecular formula is C21H22N4O3. The first-order valence-corrected chi connectivity index (χ1v) is 9.33. The molecule has 1 atom stereocenters. The lowest BCUT2D eigenvalue weighted by Crippen LogP contribution is -2.38. The number of hydrogen-bond acceptors (Lipinski definition) is 4. The Hall–Kier alpha value is -3.35. The summed E-state index contributed by atoms with van der Waals surface area (Å²) in [6.45, 7) is 6.06. The number of carbonyl (C=O) groups excluding carboxylic acids is 1. The maximum Gasteiger partial charge on any atom is 0.291 e. The summed E-state index contributed by atoms with van der Waals surface area (Å²) in [5.74, 6) is 0.445. The van der Waals surface area contributed by atoms with Gasteiger partial charge in [0.05, 0.1) is 11.8 Å². The van der Waals surface area contributed by atoms with Crippen molar-refractivity contribution in [2.75, 3.05) is 0 Å². The van der Waals surface area contributed by atoms with E-state index in [1.807, 2.05) is 44.2 Å². The van der Waals surface area contributed by atoms with Gasteiger partial charge >= 0.3 is 0 Å². The highest BCUT2D eigenvalue weighted by atomic mass is 16.3. The number of rotatable bonds is 5. The SMILES string of the molecule is CCc1nn([C@@H](C)C(=O)NCc2ccc(C)cc2)c(=O)c2cc3occc3n12. The van der Waals surface area contributed by atoms with E-state index in [2.05, 4.69) is 10.4 Å². The Bertz CT molecular complexity index is 1210. The van der Waals surface area contributed by atoms with Crippen LogP contribution in [0.3, 0.4) is 0 Å². The zero-order chi connectivity index (χ0) is 19.8. The van der Waals surface area contributed by atoms with Crippen molar-refractivity contribution < 1.29 is 9.21 Å². The molecule has 144 valence electrons. The van der Waals surface area contributed by atoms with E-state index < -0.39 is 6.04 Å². The van der Waals surface area contributed by atoms with E-state index >= 15 is 0 Å². The van der Waals surface area contributed by atoms with Gasteiger partial charge in [0.2, 0.25) is 5.91 Å². The summed E-state index contributed by atoms with van der Waals surface area (Å²) in [5.41, 5.74) is 3.74. The van der Waals surface area contributed by atoms with Gasteiger partial charge in [-0.1, -0.05) is 36.8 Å². The van der Waals surface area contributed by atoms with E-state index in [0.717, 1.165) is 16.6 Å². The number of nitrogens with zero attached hydrogens (tertiary/aromatic N) is 3. The molecule has 0 radical (unpaired) electrons. The lowest BCUT2D eigenvalue weighted by atomic mass is 10.1. The molecule has 4 rings (SSSR count). The molecule has 4 aromatic rings. The van der Waals surface area contributed by atoms with Gasteiger partial charge in [-0.3, -0.25) is 14.0 Å². The van der Waals surface area contributed by atoms with E-state index in [1.54, 1.807) is 23.7 Å². The zero-order valence-corrected chi connectivity index (χ0v) is 16.1. The Morgan fingerprint density at radius 3 is 2.68 bits per heavy atom. The van der Waals surface area contributed by atoms with Gasteiger partial charge in [-0.05, 0) is 19.4 Å². The smallest absolute Gasteiger partial charge is 0.291 e. The van der Waals surface area contributed by atoms with Crippen molar-refractivity contribution in [2.45, 2.75) is 39.8 Å². The van der Waals surface area contributed by atoms with Crippen LogP contribution in [0.25, 0.3) is 16.6 Å². The normalized spacial score (nSPS) is 12.5. The van der Waals surface area contributed by atoms with Crippen LogP contribution in [-0.2, 0) is 17.8 Å². The quantitative estimate of drug-likeness (QED) is 0.579. The van der Waals surface area contributed by atoms with Crippen LogP contribution in [-0.4, -0.2) is 20.1 Å². The summed E-state index contributed by atoms with van der Waals surface area (Å²) >= 11 is 0. The molecule has 0 unspecified atom stereocenters. The van der Waals surface area contributed by atoms with Crippen molar-refractivity contribution in [3.05, 3.63) is 70.0 Å². The standard InChI is InChI=1S/C21H22N4O3/c1-4-19-23-25(21(27)17-11-18-16(24(17)19)9-10-28-18)14(3)20(26)22-12-15-7-5-13(2)6-8-15/h5-11,14H,4,12H2,1-3H3,(H,22,26)/t14-/m0/s1. The molecule has 0 aliphatic heterocycles. The summed E-state index contributed by atoms with van der Waals surface area (Å²) in [6.07, 6.45) is 2.20. The number of aromatic nitrogens is 3. The first-order chi connectivity index (χ1) is 13.5. The van der Waals surface area contributed by atoms with Crippen LogP contribution in [0.4, 0.5) is 0 Å². The molecule has 0 spiro atoms. The minimum absolute atomic E-state index is 0.253. The summed E-state index contributed by atoms with van der Waals surface area (Å²) in [5, 5.41) is 7.36. The third-order valence-corrected chi connectivity index (χ3v) is 4.98. The Labute approximate surface area is 161 Å². The summed E-state index contributed by atoms with van der Waals surface area (Å²) in [4.78, 5) is 25.6. The van der Waals surface area contributed by atoms with Crippen LogP contribution in [0, 0.1) is 6.92 Å². The summed E-state index contributed by atoms with van der Waals surface area (Å²) in [6, 6.07) is 10.7.